The normalized spacial score (nSPS) is 15.2. The van der Waals surface area contributed by atoms with Gasteiger partial charge in [0.1, 0.15) is 11.6 Å². The predicted octanol–water partition coefficient (Wildman–Crippen LogP) is 5.43. The first-order valence-corrected chi connectivity index (χ1v) is 12.1. The summed E-state index contributed by atoms with van der Waals surface area (Å²) in [6.45, 7) is 3.67. The van der Waals surface area contributed by atoms with Gasteiger partial charge < -0.3 is 20.4 Å². The number of carbonyl (C=O) groups excluding carboxylic acids is 2. The first-order chi connectivity index (χ1) is 17.4. The van der Waals surface area contributed by atoms with E-state index in [1.54, 1.807) is 31.2 Å². The minimum absolute atomic E-state index is 0.0347. The summed E-state index contributed by atoms with van der Waals surface area (Å²) >= 11 is 1.12. The standard InChI is InChI=1S/C27H23FN4O3S/c1-16-6-3-8-19(12-16)32-26(34)24-17(2)30-27(21(14-29)25(24)22-10-5-11-35-22)36-15-23(33)31-20-9-4-7-18(28)13-20/h3-13,25,30H,15H2,1-2H3,(H,31,33)(H,32,34)/t25-/m0/s1. The Balaban J connectivity index is 1.58. The van der Waals surface area contributed by atoms with E-state index in [-0.39, 0.29) is 23.1 Å². The van der Waals surface area contributed by atoms with Gasteiger partial charge in [-0.25, -0.2) is 4.39 Å². The van der Waals surface area contributed by atoms with Crippen molar-refractivity contribution in [3.05, 3.63) is 106 Å². The number of nitrogens with one attached hydrogen (secondary N) is 3. The number of amides is 2. The molecule has 3 N–H and O–H groups in total. The van der Waals surface area contributed by atoms with E-state index in [0.717, 1.165) is 17.3 Å². The van der Waals surface area contributed by atoms with Gasteiger partial charge in [-0.15, -0.1) is 0 Å². The number of anilines is 2. The highest BCUT2D eigenvalue weighted by Gasteiger charge is 2.36. The Morgan fingerprint density at radius 1 is 1.08 bits per heavy atom. The van der Waals surface area contributed by atoms with Gasteiger partial charge in [0.15, 0.2) is 0 Å². The van der Waals surface area contributed by atoms with Crippen molar-refractivity contribution in [1.29, 1.82) is 5.26 Å². The van der Waals surface area contributed by atoms with Gasteiger partial charge in [0.05, 0.1) is 40.2 Å². The quantitative estimate of drug-likeness (QED) is 0.398. The minimum Gasteiger partial charge on any atom is -0.468 e. The fourth-order valence-corrected chi connectivity index (χ4v) is 4.78. The smallest absolute Gasteiger partial charge is 0.254 e. The fourth-order valence-electron chi connectivity index (χ4n) is 3.89. The van der Waals surface area contributed by atoms with Crippen LogP contribution < -0.4 is 16.0 Å². The number of halogens is 1. The molecule has 0 bridgehead atoms. The molecule has 0 saturated heterocycles. The lowest BCUT2D eigenvalue weighted by Crippen LogP contribution is -2.31. The molecule has 7 nitrogen and oxygen atoms in total. The number of furan rings is 1. The maximum Gasteiger partial charge on any atom is 0.254 e. The number of benzene rings is 2. The van der Waals surface area contributed by atoms with E-state index < -0.39 is 11.7 Å². The first-order valence-electron chi connectivity index (χ1n) is 11.1. The summed E-state index contributed by atoms with van der Waals surface area (Å²) in [5, 5.41) is 19.2. The van der Waals surface area contributed by atoms with Crippen molar-refractivity contribution in [2.45, 2.75) is 19.8 Å². The van der Waals surface area contributed by atoms with Crippen LogP contribution in [-0.4, -0.2) is 17.6 Å². The Kier molecular flexibility index (Phi) is 7.56. The van der Waals surface area contributed by atoms with E-state index in [2.05, 4.69) is 22.0 Å². The third kappa shape index (κ3) is 5.67. The molecule has 2 amide bonds. The van der Waals surface area contributed by atoms with Crippen molar-refractivity contribution in [2.75, 3.05) is 16.4 Å². The monoisotopic (exact) mass is 502 g/mol. The summed E-state index contributed by atoms with van der Waals surface area (Å²) in [5.74, 6) is -1.55. The molecule has 0 saturated carbocycles. The number of nitriles is 1. The maximum atomic E-state index is 13.4. The maximum absolute atomic E-state index is 13.4. The van der Waals surface area contributed by atoms with Crippen molar-refractivity contribution in [3.8, 4) is 6.07 Å². The molecule has 2 aromatic carbocycles. The lowest BCUT2D eigenvalue weighted by atomic mass is 9.85. The summed E-state index contributed by atoms with van der Waals surface area (Å²) < 4.78 is 19.0. The van der Waals surface area contributed by atoms with E-state index in [0.29, 0.717) is 33.4 Å². The van der Waals surface area contributed by atoms with E-state index >= 15 is 0 Å². The summed E-state index contributed by atoms with van der Waals surface area (Å²) in [7, 11) is 0. The van der Waals surface area contributed by atoms with Gasteiger partial charge in [-0.1, -0.05) is 30.0 Å². The van der Waals surface area contributed by atoms with E-state index in [1.807, 2.05) is 25.1 Å². The van der Waals surface area contributed by atoms with Gasteiger partial charge in [-0.2, -0.15) is 5.26 Å². The third-order valence-corrected chi connectivity index (χ3v) is 6.47. The molecule has 4 rings (SSSR count). The highest BCUT2D eigenvalue weighted by molar-refractivity contribution is 8.03. The molecule has 1 aliphatic rings. The number of hydrogen-bond donors (Lipinski definition) is 3. The van der Waals surface area contributed by atoms with Gasteiger partial charge >= 0.3 is 0 Å². The molecular formula is C27H23FN4O3S. The van der Waals surface area contributed by atoms with Crippen molar-refractivity contribution in [1.82, 2.24) is 5.32 Å². The van der Waals surface area contributed by atoms with Crippen LogP contribution in [0.3, 0.4) is 0 Å². The number of carbonyl (C=O) groups is 2. The van der Waals surface area contributed by atoms with Crippen molar-refractivity contribution in [2.24, 2.45) is 0 Å². The van der Waals surface area contributed by atoms with E-state index in [9.17, 15) is 19.2 Å². The topological polar surface area (TPSA) is 107 Å². The Morgan fingerprint density at radius 3 is 2.50 bits per heavy atom. The number of nitrogens with zero attached hydrogens (tertiary/aromatic N) is 1. The average molecular weight is 503 g/mol. The lowest BCUT2D eigenvalue weighted by Gasteiger charge is -2.28. The minimum atomic E-state index is -0.759. The summed E-state index contributed by atoms with van der Waals surface area (Å²) in [6.07, 6.45) is 1.48. The molecule has 9 heteroatoms. The molecule has 0 spiro atoms. The number of thioether (sulfide) groups is 1. The van der Waals surface area contributed by atoms with Crippen LogP contribution in [0.1, 0.15) is 24.2 Å². The Morgan fingerprint density at radius 2 is 1.83 bits per heavy atom. The molecule has 182 valence electrons. The molecule has 2 heterocycles. The molecule has 0 radical (unpaired) electrons. The second-order valence-electron chi connectivity index (χ2n) is 8.14. The van der Waals surface area contributed by atoms with Crippen LogP contribution in [0.4, 0.5) is 15.8 Å². The summed E-state index contributed by atoms with van der Waals surface area (Å²) in [5.41, 5.74) is 3.11. The molecule has 0 aliphatic carbocycles. The highest BCUT2D eigenvalue weighted by atomic mass is 32.2. The average Bonchev–Trinajstić information content (AvgIpc) is 3.37. The third-order valence-electron chi connectivity index (χ3n) is 5.45. The zero-order valence-corrected chi connectivity index (χ0v) is 20.4. The van der Waals surface area contributed by atoms with Crippen LogP contribution >= 0.6 is 11.8 Å². The van der Waals surface area contributed by atoms with Crippen molar-refractivity contribution < 1.29 is 18.4 Å². The number of aryl methyl sites for hydroxylation is 1. The van der Waals surface area contributed by atoms with Gasteiger partial charge in [-0.05, 0) is 61.9 Å². The first kappa shape index (κ1) is 24.8. The van der Waals surface area contributed by atoms with Gasteiger partial charge in [0.25, 0.3) is 5.91 Å². The Labute approximate surface area is 212 Å². The van der Waals surface area contributed by atoms with Gasteiger partial charge in [0, 0.05) is 17.1 Å². The van der Waals surface area contributed by atoms with Gasteiger partial charge in [0.2, 0.25) is 5.91 Å². The molecule has 1 aliphatic heterocycles. The molecule has 0 unspecified atom stereocenters. The molecule has 1 atom stereocenters. The van der Waals surface area contributed by atoms with Crippen LogP contribution in [0.25, 0.3) is 0 Å². The SMILES string of the molecule is CC1=C(C(=O)Nc2cccc(C)c2)[C@H](c2ccco2)C(C#N)=C(SCC(=O)Nc2cccc(F)c2)N1. The predicted molar refractivity (Wildman–Crippen MR) is 137 cm³/mol. The van der Waals surface area contributed by atoms with E-state index in [4.69, 9.17) is 4.42 Å². The number of dihydropyridines is 1. The number of hydrogen-bond acceptors (Lipinski definition) is 6. The zero-order valence-electron chi connectivity index (χ0n) is 19.6. The van der Waals surface area contributed by atoms with Crippen LogP contribution in [0.2, 0.25) is 0 Å². The molecule has 3 aromatic rings. The Bertz CT molecular complexity index is 1410. The van der Waals surface area contributed by atoms with Crippen molar-refractivity contribution in [3.63, 3.8) is 0 Å². The van der Waals surface area contributed by atoms with E-state index in [1.165, 1.54) is 24.5 Å². The van der Waals surface area contributed by atoms with Crippen LogP contribution in [0.15, 0.2) is 93.2 Å². The molecule has 36 heavy (non-hydrogen) atoms. The van der Waals surface area contributed by atoms with Crippen LogP contribution in [0.5, 0.6) is 0 Å². The number of rotatable bonds is 7. The zero-order chi connectivity index (χ0) is 25.7. The lowest BCUT2D eigenvalue weighted by molar-refractivity contribution is -0.114. The van der Waals surface area contributed by atoms with Crippen LogP contribution in [-0.2, 0) is 9.59 Å². The number of allylic oxidation sites excluding steroid dienone is 2. The molecular weight excluding hydrogens is 479 g/mol. The van der Waals surface area contributed by atoms with Gasteiger partial charge in [-0.3, -0.25) is 9.59 Å². The largest absolute Gasteiger partial charge is 0.468 e. The molecule has 0 fully saturated rings. The second kappa shape index (κ2) is 11.0. The van der Waals surface area contributed by atoms with Crippen molar-refractivity contribution >= 4 is 35.0 Å². The molecule has 1 aromatic heterocycles. The highest BCUT2D eigenvalue weighted by Crippen LogP contribution is 2.41. The summed E-state index contributed by atoms with van der Waals surface area (Å²) in [4.78, 5) is 25.8. The van der Waals surface area contributed by atoms with Crippen LogP contribution in [0, 0.1) is 24.1 Å². The summed E-state index contributed by atoms with van der Waals surface area (Å²) in [6, 6.07) is 18.6. The fraction of sp³-hybridized carbons (Fsp3) is 0.148. The second-order valence-corrected chi connectivity index (χ2v) is 9.12. The Hall–Kier alpha value is -4.29.